The summed E-state index contributed by atoms with van der Waals surface area (Å²) in [6, 6.07) is 7.04. The maximum absolute atomic E-state index is 10.7. The summed E-state index contributed by atoms with van der Waals surface area (Å²) in [7, 11) is 0. The van der Waals surface area contributed by atoms with Gasteiger partial charge in [0.15, 0.2) is 0 Å². The summed E-state index contributed by atoms with van der Waals surface area (Å²) < 4.78 is 0. The zero-order valence-electron chi connectivity index (χ0n) is 8.32. The molecule has 0 radical (unpaired) electrons. The highest BCUT2D eigenvalue weighted by molar-refractivity contribution is 5.93. The van der Waals surface area contributed by atoms with Gasteiger partial charge in [0, 0.05) is 22.8 Å². The molecule has 4 heteroatoms. The Labute approximate surface area is 86.9 Å². The second-order valence-corrected chi connectivity index (χ2v) is 3.45. The molecular weight excluding hydrogens is 192 g/mol. The molecule has 0 saturated heterocycles. The van der Waals surface area contributed by atoms with Crippen molar-refractivity contribution in [2.75, 3.05) is 5.32 Å². The molecule has 0 fully saturated rings. The van der Waals surface area contributed by atoms with Crippen LogP contribution < -0.4 is 5.32 Å². The molecule has 0 aliphatic carbocycles. The van der Waals surface area contributed by atoms with Crippen molar-refractivity contribution in [3.05, 3.63) is 30.5 Å². The van der Waals surface area contributed by atoms with Gasteiger partial charge in [-0.05, 0) is 25.1 Å². The smallest absolute Gasteiger partial charge is 0.325 e. The number of benzene rings is 1. The summed E-state index contributed by atoms with van der Waals surface area (Å²) in [6.45, 7) is 1.62. The average Bonchev–Trinajstić information content (AvgIpc) is 2.66. The van der Waals surface area contributed by atoms with Gasteiger partial charge in [0.2, 0.25) is 0 Å². The van der Waals surface area contributed by atoms with Crippen LogP contribution in [0.2, 0.25) is 0 Å². The predicted molar refractivity (Wildman–Crippen MR) is 59.0 cm³/mol. The van der Waals surface area contributed by atoms with E-state index in [4.69, 9.17) is 5.11 Å². The molecule has 0 saturated carbocycles. The van der Waals surface area contributed by atoms with Crippen LogP contribution in [0, 0.1) is 0 Å². The topological polar surface area (TPSA) is 65.1 Å². The number of hydrogen-bond donors (Lipinski definition) is 3. The van der Waals surface area contributed by atoms with E-state index in [0.29, 0.717) is 0 Å². The first-order valence-electron chi connectivity index (χ1n) is 4.74. The fraction of sp³-hybridized carbons (Fsp3) is 0.182. The summed E-state index contributed by atoms with van der Waals surface area (Å²) >= 11 is 0. The third-order valence-electron chi connectivity index (χ3n) is 2.34. The molecule has 1 atom stereocenters. The van der Waals surface area contributed by atoms with E-state index >= 15 is 0 Å². The minimum Gasteiger partial charge on any atom is -0.480 e. The summed E-state index contributed by atoms with van der Waals surface area (Å²) in [4.78, 5) is 13.8. The first kappa shape index (κ1) is 9.58. The highest BCUT2D eigenvalue weighted by Crippen LogP contribution is 2.22. The lowest BCUT2D eigenvalue weighted by Crippen LogP contribution is -2.25. The second kappa shape index (κ2) is 3.65. The van der Waals surface area contributed by atoms with Crippen molar-refractivity contribution in [2.24, 2.45) is 0 Å². The van der Waals surface area contributed by atoms with Gasteiger partial charge in [0.1, 0.15) is 6.04 Å². The van der Waals surface area contributed by atoms with E-state index < -0.39 is 12.0 Å². The zero-order valence-corrected chi connectivity index (χ0v) is 8.32. The van der Waals surface area contributed by atoms with Crippen molar-refractivity contribution in [2.45, 2.75) is 13.0 Å². The van der Waals surface area contributed by atoms with E-state index in [1.165, 1.54) is 0 Å². The van der Waals surface area contributed by atoms with Crippen LogP contribution in [-0.2, 0) is 4.79 Å². The molecule has 0 spiro atoms. The van der Waals surface area contributed by atoms with Crippen LogP contribution in [0.4, 0.5) is 5.69 Å². The third kappa shape index (κ3) is 1.79. The van der Waals surface area contributed by atoms with Crippen LogP contribution in [-0.4, -0.2) is 22.1 Å². The lowest BCUT2D eigenvalue weighted by atomic mass is 10.2. The van der Waals surface area contributed by atoms with Crippen molar-refractivity contribution < 1.29 is 9.90 Å². The van der Waals surface area contributed by atoms with Crippen LogP contribution in [0.25, 0.3) is 10.9 Å². The molecule has 0 aliphatic rings. The lowest BCUT2D eigenvalue weighted by Gasteiger charge is -2.11. The molecule has 4 nitrogen and oxygen atoms in total. The molecule has 2 rings (SSSR count). The number of nitrogens with one attached hydrogen (secondary N) is 2. The fourth-order valence-corrected chi connectivity index (χ4v) is 1.51. The van der Waals surface area contributed by atoms with Gasteiger partial charge >= 0.3 is 5.97 Å². The molecule has 78 valence electrons. The van der Waals surface area contributed by atoms with Gasteiger partial charge < -0.3 is 15.4 Å². The van der Waals surface area contributed by atoms with E-state index in [9.17, 15) is 4.79 Å². The molecular formula is C11H12N2O2. The Balaban J connectivity index is 2.35. The van der Waals surface area contributed by atoms with E-state index in [-0.39, 0.29) is 0 Å². The van der Waals surface area contributed by atoms with E-state index in [2.05, 4.69) is 10.3 Å². The summed E-state index contributed by atoms with van der Waals surface area (Å²) in [5.41, 5.74) is 1.83. The molecule has 0 aliphatic heterocycles. The Bertz CT molecular complexity index is 490. The molecule has 1 aromatic heterocycles. The zero-order chi connectivity index (χ0) is 10.8. The van der Waals surface area contributed by atoms with Gasteiger partial charge in [-0.2, -0.15) is 0 Å². The normalized spacial score (nSPS) is 12.6. The van der Waals surface area contributed by atoms with Crippen LogP contribution in [0.3, 0.4) is 0 Å². The van der Waals surface area contributed by atoms with Crippen molar-refractivity contribution in [1.29, 1.82) is 0 Å². The van der Waals surface area contributed by atoms with E-state index in [0.717, 1.165) is 16.6 Å². The standard InChI is InChI=1S/C11H12N2O2/c1-7(11(14)15)13-10-4-2-3-9-8(10)5-6-12-9/h2-7,12-13H,1H3,(H,14,15)/t7-/m0/s1. The van der Waals surface area contributed by atoms with Gasteiger partial charge in [0.25, 0.3) is 0 Å². The molecule has 0 amide bonds. The predicted octanol–water partition coefficient (Wildman–Crippen LogP) is 2.05. The van der Waals surface area contributed by atoms with Gasteiger partial charge in [-0.15, -0.1) is 0 Å². The van der Waals surface area contributed by atoms with Gasteiger partial charge in [-0.3, -0.25) is 4.79 Å². The number of aromatic nitrogens is 1. The molecule has 0 bridgehead atoms. The Morgan fingerprint density at radius 3 is 3.00 bits per heavy atom. The number of carbonyl (C=O) groups is 1. The van der Waals surface area contributed by atoms with Crippen LogP contribution in [0.5, 0.6) is 0 Å². The summed E-state index contributed by atoms with van der Waals surface area (Å²) in [6.07, 6.45) is 1.83. The van der Waals surface area contributed by atoms with E-state index in [1.807, 2.05) is 30.5 Å². The molecule has 3 N–H and O–H groups in total. The highest BCUT2D eigenvalue weighted by Gasteiger charge is 2.11. The molecule has 1 aromatic carbocycles. The summed E-state index contributed by atoms with van der Waals surface area (Å²) in [5.74, 6) is -0.859. The Hall–Kier alpha value is -1.97. The number of carboxylic acids is 1. The minimum absolute atomic E-state index is 0.592. The monoisotopic (exact) mass is 204 g/mol. The number of H-pyrrole nitrogens is 1. The molecule has 0 unspecified atom stereocenters. The fourth-order valence-electron chi connectivity index (χ4n) is 1.51. The Kier molecular flexibility index (Phi) is 2.33. The molecule has 2 aromatic rings. The number of aromatic amines is 1. The number of fused-ring (bicyclic) bond motifs is 1. The van der Waals surface area contributed by atoms with Gasteiger partial charge in [-0.1, -0.05) is 6.07 Å². The first-order valence-corrected chi connectivity index (χ1v) is 4.74. The quantitative estimate of drug-likeness (QED) is 0.716. The first-order chi connectivity index (χ1) is 7.18. The molecule has 1 heterocycles. The maximum Gasteiger partial charge on any atom is 0.325 e. The van der Waals surface area contributed by atoms with Crippen molar-refractivity contribution in [3.63, 3.8) is 0 Å². The van der Waals surface area contributed by atoms with E-state index in [1.54, 1.807) is 6.92 Å². The van der Waals surface area contributed by atoms with Crippen molar-refractivity contribution in [3.8, 4) is 0 Å². The van der Waals surface area contributed by atoms with Crippen LogP contribution >= 0.6 is 0 Å². The highest BCUT2D eigenvalue weighted by atomic mass is 16.4. The summed E-state index contributed by atoms with van der Waals surface area (Å²) in [5, 5.41) is 12.8. The number of carboxylic acid groups (broad SMARTS) is 1. The number of anilines is 1. The molecule has 15 heavy (non-hydrogen) atoms. The largest absolute Gasteiger partial charge is 0.480 e. The Morgan fingerprint density at radius 1 is 1.47 bits per heavy atom. The minimum atomic E-state index is -0.859. The van der Waals surface area contributed by atoms with Gasteiger partial charge in [-0.25, -0.2) is 0 Å². The lowest BCUT2D eigenvalue weighted by molar-refractivity contribution is -0.137. The van der Waals surface area contributed by atoms with Crippen LogP contribution in [0.1, 0.15) is 6.92 Å². The Morgan fingerprint density at radius 2 is 2.27 bits per heavy atom. The van der Waals surface area contributed by atoms with Crippen molar-refractivity contribution >= 4 is 22.6 Å². The van der Waals surface area contributed by atoms with Crippen molar-refractivity contribution in [1.82, 2.24) is 4.98 Å². The number of aliphatic carboxylic acids is 1. The van der Waals surface area contributed by atoms with Crippen LogP contribution in [0.15, 0.2) is 30.5 Å². The maximum atomic E-state index is 10.7. The number of rotatable bonds is 3. The third-order valence-corrected chi connectivity index (χ3v) is 2.34. The number of hydrogen-bond acceptors (Lipinski definition) is 2. The second-order valence-electron chi connectivity index (χ2n) is 3.45. The SMILES string of the molecule is C[C@H](Nc1cccc2[nH]ccc12)C(=O)O. The van der Waals surface area contributed by atoms with Gasteiger partial charge in [0.05, 0.1) is 0 Å². The average molecular weight is 204 g/mol.